The molecule has 2 aliphatic rings. The number of hydrogen-bond acceptors (Lipinski definition) is 0. The summed E-state index contributed by atoms with van der Waals surface area (Å²) < 4.78 is 0. The molecule has 2 aliphatic carbocycles. The Kier molecular flexibility index (Phi) is 10.8. The molecule has 0 heterocycles. The quantitative estimate of drug-likeness (QED) is 0.121. The maximum Gasteiger partial charge on any atom is -0.0253 e. The van der Waals surface area contributed by atoms with Crippen LogP contribution < -0.4 is 10.4 Å². The fraction of sp³-hybridized carbons (Fsp3) is 0.182. The van der Waals surface area contributed by atoms with E-state index >= 15 is 0 Å². The second-order valence-corrected chi connectivity index (χ2v) is 19.7. The summed E-state index contributed by atoms with van der Waals surface area (Å²) in [5, 5.41) is 3.13. The summed E-state index contributed by atoms with van der Waals surface area (Å²) in [7, 11) is 0. The van der Waals surface area contributed by atoms with E-state index in [1.54, 1.807) is 10.4 Å². The van der Waals surface area contributed by atoms with Gasteiger partial charge in [-0.2, -0.15) is 59.7 Å². The van der Waals surface area contributed by atoms with E-state index in [1.165, 1.54) is 91.5 Å². The third-order valence-electron chi connectivity index (χ3n) is 8.88. The fourth-order valence-corrected chi connectivity index (χ4v) is 11.2. The zero-order valence-corrected chi connectivity index (χ0v) is 31.7. The second kappa shape index (κ2) is 15.3. The Balaban J connectivity index is 0.000000125. The van der Waals surface area contributed by atoms with E-state index in [0.717, 1.165) is 12.8 Å². The van der Waals surface area contributed by atoms with Gasteiger partial charge in [-0.1, -0.05) is 70.8 Å². The summed E-state index contributed by atoms with van der Waals surface area (Å²) in [5.41, 5.74) is 13.5. The molecule has 0 nitrogen and oxygen atoms in total. The van der Waals surface area contributed by atoms with Crippen LogP contribution in [0.4, 0.5) is 0 Å². The summed E-state index contributed by atoms with van der Waals surface area (Å²) in [6, 6.07) is 54.9. The molecule has 0 unspecified atom stereocenters. The molecule has 224 valence electrons. The van der Waals surface area contributed by atoms with E-state index in [2.05, 4.69) is 154 Å². The van der Waals surface area contributed by atoms with Crippen LogP contribution in [-0.4, -0.2) is 5.49 Å². The third kappa shape index (κ3) is 7.51. The summed E-state index contributed by atoms with van der Waals surface area (Å²) in [6.45, 7) is 6.76. The summed E-state index contributed by atoms with van der Waals surface area (Å²) >= 11 is 1.26. The Morgan fingerprint density at radius 2 is 1.04 bits per heavy atom. The molecule has 0 bridgehead atoms. The Bertz CT molecular complexity index is 1760. The van der Waals surface area contributed by atoms with Crippen LogP contribution in [0.25, 0.3) is 22.3 Å². The molecule has 8 rings (SSSR count). The molecule has 0 radical (unpaired) electrons. The first kappa shape index (κ1) is 32.4. The van der Waals surface area contributed by atoms with Crippen LogP contribution in [0.2, 0.25) is 0 Å². The maximum atomic E-state index is 3.30. The minimum atomic E-state index is -0.479. The van der Waals surface area contributed by atoms with E-state index in [4.69, 9.17) is 0 Å². The van der Waals surface area contributed by atoms with Crippen molar-refractivity contribution < 1.29 is 23.0 Å². The molecule has 2 heteroatoms. The number of rotatable bonds is 5. The van der Waals surface area contributed by atoms with Crippen molar-refractivity contribution in [2.75, 3.05) is 0 Å². The maximum absolute atomic E-state index is 3.30. The third-order valence-corrected chi connectivity index (χ3v) is 16.9. The van der Waals surface area contributed by atoms with Crippen LogP contribution in [0.3, 0.4) is 0 Å². The Labute approximate surface area is 290 Å². The first-order valence-electron chi connectivity index (χ1n) is 16.5. The van der Waals surface area contributed by atoms with Gasteiger partial charge >= 0.3 is 138 Å². The first-order chi connectivity index (χ1) is 22.5. The van der Waals surface area contributed by atoms with Crippen molar-refractivity contribution in [2.45, 2.75) is 52.4 Å². The van der Waals surface area contributed by atoms with E-state index < -0.39 is 5.49 Å². The van der Waals surface area contributed by atoms with E-state index in [-0.39, 0.29) is 0 Å². The van der Waals surface area contributed by atoms with Crippen molar-refractivity contribution in [1.29, 1.82) is 0 Å². The van der Waals surface area contributed by atoms with Gasteiger partial charge in [-0.25, -0.2) is 0 Å². The molecule has 0 fully saturated rings. The molecule has 0 saturated carbocycles. The summed E-state index contributed by atoms with van der Waals surface area (Å²) in [5.74, 6) is 0.627. The molecule has 0 aliphatic heterocycles. The van der Waals surface area contributed by atoms with Gasteiger partial charge in [0.15, 0.2) is 0 Å². The van der Waals surface area contributed by atoms with Crippen LogP contribution in [0.5, 0.6) is 0 Å². The average molecular weight is 775 g/mol. The molecule has 0 aromatic heterocycles. The predicted octanol–water partition coefficient (Wildman–Crippen LogP) is 9.53. The number of fused-ring (bicyclic) bond motifs is 6. The Morgan fingerprint density at radius 1 is 0.587 bits per heavy atom. The molecule has 0 saturated heterocycles. The van der Waals surface area contributed by atoms with Crippen LogP contribution in [0, 0.1) is 12.1 Å². The van der Waals surface area contributed by atoms with Crippen LogP contribution in [0.15, 0.2) is 133 Å². The molecular weight excluding hydrogens is 735 g/mol. The van der Waals surface area contributed by atoms with Gasteiger partial charge in [-0.3, -0.25) is 0 Å². The van der Waals surface area contributed by atoms with Crippen LogP contribution in [0.1, 0.15) is 66.5 Å². The fourth-order valence-electron chi connectivity index (χ4n) is 6.32. The number of benzene rings is 6. The van der Waals surface area contributed by atoms with Gasteiger partial charge in [0.2, 0.25) is 0 Å². The van der Waals surface area contributed by atoms with Crippen molar-refractivity contribution in [3.05, 3.63) is 179 Å². The normalized spacial score (nSPS) is 11.7. The number of hydrogen-bond donors (Lipinski definition) is 0. The monoisotopic (exact) mass is 776 g/mol. The van der Waals surface area contributed by atoms with Gasteiger partial charge in [-0.15, -0.1) is 11.1 Å². The Hall–Kier alpha value is -3.59. The zero-order valence-electron chi connectivity index (χ0n) is 27.1. The zero-order chi connectivity index (χ0) is 31.9. The molecule has 0 spiro atoms. The van der Waals surface area contributed by atoms with Crippen molar-refractivity contribution in [1.82, 2.24) is 0 Å². The summed E-state index contributed by atoms with van der Waals surface area (Å²) in [4.78, 5) is 0. The van der Waals surface area contributed by atoms with Gasteiger partial charge < -0.3 is 0 Å². The van der Waals surface area contributed by atoms with Gasteiger partial charge in [0, 0.05) is 0 Å². The number of aryl methyl sites for hydroxylation is 1. The molecule has 46 heavy (non-hydrogen) atoms. The second-order valence-electron chi connectivity index (χ2n) is 12.4. The average Bonchev–Trinajstić information content (AvgIpc) is 3.68. The topological polar surface area (TPSA) is 0 Å². The van der Waals surface area contributed by atoms with E-state index in [0.29, 0.717) is 5.92 Å². The smallest absolute Gasteiger partial charge is 0.0253 e. The first-order valence-corrected chi connectivity index (χ1v) is 23.3. The minimum Gasteiger partial charge on any atom is -0.179 e. The van der Waals surface area contributed by atoms with Crippen LogP contribution in [-0.2, 0) is 42.3 Å². The standard InChI is InChI=1S/C18H22Si.2C13H9.Hf/c1-4-5-15-6-10-17(11-7-15)19-18-12-8-16(9-13-18)14(2)3;2*1-3-7-12-10(5-1)9-11-6-2-4-8-13(11)12;/h6-14H,4-5H2,1-3H3;2*1-5,7-8H,9H2;/q;2*-1;+2. The van der Waals surface area contributed by atoms with Gasteiger partial charge in [-0.05, 0) is 12.8 Å². The minimum absolute atomic E-state index is 0.479. The largest absolute Gasteiger partial charge is 0.179 e. The van der Waals surface area contributed by atoms with Crippen molar-refractivity contribution >= 4 is 15.9 Å². The predicted molar refractivity (Wildman–Crippen MR) is 193 cm³/mol. The van der Waals surface area contributed by atoms with Gasteiger partial charge in [0.25, 0.3) is 0 Å². The van der Waals surface area contributed by atoms with Gasteiger partial charge in [0.1, 0.15) is 0 Å². The molecule has 0 N–H and O–H groups in total. The molecule has 0 amide bonds. The van der Waals surface area contributed by atoms with Crippen molar-refractivity contribution in [3.63, 3.8) is 0 Å². The molecule has 6 aromatic carbocycles. The SMILES string of the molecule is CCCc1ccc([Si](=[Hf+2])c2ccc(C(C)C)cc2)cc1.[c-]1cccc2c1Cc1ccccc1-2.[c-]1cccc2c1Cc1ccccc1-2. The van der Waals surface area contributed by atoms with Crippen molar-refractivity contribution in [3.8, 4) is 22.3 Å². The van der Waals surface area contributed by atoms with E-state index in [9.17, 15) is 0 Å². The summed E-state index contributed by atoms with van der Waals surface area (Å²) in [6.07, 6.45) is 4.53. The van der Waals surface area contributed by atoms with Gasteiger partial charge in [0.05, 0.1) is 0 Å². The van der Waals surface area contributed by atoms with Crippen LogP contribution >= 0.6 is 0 Å². The van der Waals surface area contributed by atoms with Crippen molar-refractivity contribution in [2.24, 2.45) is 0 Å². The molecule has 0 atom stereocenters. The Morgan fingerprint density at radius 3 is 1.52 bits per heavy atom. The molecular formula is C44H40HfSi. The van der Waals surface area contributed by atoms with E-state index in [1.807, 2.05) is 12.1 Å². The molecule has 6 aromatic rings.